The molecule has 0 bridgehead atoms. The number of carbonyl (C=O) groups excluding carboxylic acids is 1. The molecule has 7 heteroatoms. The molecule has 0 aliphatic rings. The minimum absolute atomic E-state index is 0.161. The van der Waals surface area contributed by atoms with E-state index in [9.17, 15) is 4.79 Å². The number of pyridine rings is 1. The van der Waals surface area contributed by atoms with E-state index >= 15 is 0 Å². The van der Waals surface area contributed by atoms with E-state index in [1.54, 1.807) is 23.7 Å². The largest absolute Gasteiger partial charge is 0.375 e. The van der Waals surface area contributed by atoms with E-state index in [0.717, 1.165) is 5.39 Å². The van der Waals surface area contributed by atoms with E-state index in [1.165, 1.54) is 11.3 Å². The van der Waals surface area contributed by atoms with Gasteiger partial charge in [-0.25, -0.2) is 4.98 Å². The van der Waals surface area contributed by atoms with Crippen LogP contribution in [0.25, 0.3) is 10.9 Å². The Hall–Kier alpha value is -2.18. The van der Waals surface area contributed by atoms with Gasteiger partial charge < -0.3 is 11.1 Å². The smallest absolute Gasteiger partial charge is 0.230 e. The number of nitrogens with one attached hydrogen (secondary N) is 1. The maximum Gasteiger partial charge on any atom is 0.230 e. The lowest BCUT2D eigenvalue weighted by atomic mass is 10.2. The Morgan fingerprint density at radius 1 is 1.43 bits per heavy atom. The molecule has 21 heavy (non-hydrogen) atoms. The van der Waals surface area contributed by atoms with E-state index in [2.05, 4.69) is 15.3 Å². The van der Waals surface area contributed by atoms with Gasteiger partial charge in [0.2, 0.25) is 5.91 Å². The minimum atomic E-state index is -0.186. The Bertz CT molecular complexity index is 818. The fourth-order valence-corrected chi connectivity index (χ4v) is 2.80. The summed E-state index contributed by atoms with van der Waals surface area (Å²) in [5.41, 5.74) is 7.49. The van der Waals surface area contributed by atoms with Crippen LogP contribution in [0.3, 0.4) is 0 Å². The van der Waals surface area contributed by atoms with Gasteiger partial charge in [0.25, 0.3) is 0 Å². The molecule has 3 rings (SSSR count). The number of fused-ring (bicyclic) bond motifs is 1. The molecule has 0 unspecified atom stereocenters. The van der Waals surface area contributed by atoms with Gasteiger partial charge in [-0.3, -0.25) is 9.78 Å². The SMILES string of the molecule is Nc1nc(CC(=O)Nc2cc(Cl)cc3cccnc23)cs1. The quantitative estimate of drug-likeness (QED) is 0.777. The van der Waals surface area contributed by atoms with Gasteiger partial charge in [-0.05, 0) is 18.2 Å². The molecule has 1 aromatic carbocycles. The summed E-state index contributed by atoms with van der Waals surface area (Å²) in [5.74, 6) is -0.186. The predicted octanol–water partition coefficient (Wildman–Crippen LogP) is 3.11. The average Bonchev–Trinajstić information content (AvgIpc) is 2.83. The third-order valence-electron chi connectivity index (χ3n) is 2.85. The molecule has 5 nitrogen and oxygen atoms in total. The van der Waals surface area contributed by atoms with Gasteiger partial charge in [-0.15, -0.1) is 11.3 Å². The molecule has 2 heterocycles. The van der Waals surface area contributed by atoms with Crippen molar-refractivity contribution in [2.45, 2.75) is 6.42 Å². The van der Waals surface area contributed by atoms with Crippen molar-refractivity contribution in [1.29, 1.82) is 0 Å². The summed E-state index contributed by atoms with van der Waals surface area (Å²) >= 11 is 7.38. The van der Waals surface area contributed by atoms with Gasteiger partial charge in [-0.1, -0.05) is 17.7 Å². The van der Waals surface area contributed by atoms with E-state index in [-0.39, 0.29) is 12.3 Å². The Morgan fingerprint density at radius 2 is 2.29 bits per heavy atom. The summed E-state index contributed by atoms with van der Waals surface area (Å²) in [4.78, 5) is 20.4. The van der Waals surface area contributed by atoms with Crippen molar-refractivity contribution in [2.75, 3.05) is 11.1 Å². The third-order valence-corrected chi connectivity index (χ3v) is 3.80. The number of hydrogen-bond donors (Lipinski definition) is 2. The van der Waals surface area contributed by atoms with E-state index in [1.807, 2.05) is 12.1 Å². The van der Waals surface area contributed by atoms with E-state index in [0.29, 0.717) is 27.1 Å². The van der Waals surface area contributed by atoms with Gasteiger partial charge >= 0.3 is 0 Å². The highest BCUT2D eigenvalue weighted by atomic mass is 35.5. The lowest BCUT2D eigenvalue weighted by Crippen LogP contribution is -2.15. The fraction of sp³-hybridized carbons (Fsp3) is 0.0714. The summed E-state index contributed by atoms with van der Waals surface area (Å²) in [6.45, 7) is 0. The number of hydrogen-bond acceptors (Lipinski definition) is 5. The number of rotatable bonds is 3. The van der Waals surface area contributed by atoms with E-state index in [4.69, 9.17) is 17.3 Å². The molecule has 0 aliphatic heterocycles. The van der Waals surface area contributed by atoms with Crippen LogP contribution in [0.1, 0.15) is 5.69 Å². The highest BCUT2D eigenvalue weighted by Gasteiger charge is 2.10. The Labute approximate surface area is 129 Å². The number of thiazole rings is 1. The Kier molecular flexibility index (Phi) is 3.72. The zero-order valence-corrected chi connectivity index (χ0v) is 12.4. The molecule has 106 valence electrons. The van der Waals surface area contributed by atoms with Gasteiger partial charge in [-0.2, -0.15) is 0 Å². The molecule has 1 amide bonds. The first-order chi connectivity index (χ1) is 10.1. The molecular formula is C14H11ClN4OS. The maximum absolute atomic E-state index is 12.1. The second kappa shape index (κ2) is 5.67. The number of carbonyl (C=O) groups is 1. The lowest BCUT2D eigenvalue weighted by molar-refractivity contribution is -0.115. The molecule has 3 N–H and O–H groups in total. The molecule has 0 saturated heterocycles. The molecule has 0 aliphatic carbocycles. The first-order valence-electron chi connectivity index (χ1n) is 6.16. The first-order valence-corrected chi connectivity index (χ1v) is 7.41. The minimum Gasteiger partial charge on any atom is -0.375 e. The monoisotopic (exact) mass is 318 g/mol. The van der Waals surface area contributed by atoms with Crippen molar-refractivity contribution in [2.24, 2.45) is 0 Å². The van der Waals surface area contributed by atoms with Crippen LogP contribution in [-0.2, 0) is 11.2 Å². The van der Waals surface area contributed by atoms with Crippen molar-refractivity contribution in [3.05, 3.63) is 46.6 Å². The van der Waals surface area contributed by atoms with Gasteiger partial charge in [0.15, 0.2) is 5.13 Å². The zero-order valence-electron chi connectivity index (χ0n) is 10.8. The molecule has 0 saturated carbocycles. The van der Waals surface area contributed by atoms with Gasteiger partial charge in [0.1, 0.15) is 0 Å². The van der Waals surface area contributed by atoms with Crippen LogP contribution in [0.5, 0.6) is 0 Å². The van der Waals surface area contributed by atoms with Crippen LogP contribution < -0.4 is 11.1 Å². The normalized spacial score (nSPS) is 10.7. The standard InChI is InChI=1S/C14H11ClN4OS/c15-9-4-8-2-1-3-17-13(8)11(5-9)19-12(20)6-10-7-21-14(16)18-10/h1-5,7H,6H2,(H2,16,18)(H,19,20). The van der Waals surface area contributed by atoms with Crippen LogP contribution in [0.15, 0.2) is 35.8 Å². The number of halogens is 1. The van der Waals surface area contributed by atoms with Crippen molar-refractivity contribution in [3.63, 3.8) is 0 Å². The summed E-state index contributed by atoms with van der Waals surface area (Å²) < 4.78 is 0. The van der Waals surface area contributed by atoms with Crippen molar-refractivity contribution < 1.29 is 4.79 Å². The predicted molar refractivity (Wildman–Crippen MR) is 85.6 cm³/mol. The maximum atomic E-state index is 12.1. The van der Waals surface area contributed by atoms with E-state index < -0.39 is 0 Å². The van der Waals surface area contributed by atoms with Crippen LogP contribution >= 0.6 is 22.9 Å². The number of nitrogens with two attached hydrogens (primary N) is 1. The molecule has 0 atom stereocenters. The van der Waals surface area contributed by atoms with Crippen molar-refractivity contribution >= 4 is 50.6 Å². The number of aromatic nitrogens is 2. The first kappa shape index (κ1) is 13.8. The molecule has 3 aromatic rings. The van der Waals surface area contributed by atoms with Crippen LogP contribution in [0.2, 0.25) is 5.02 Å². The Morgan fingerprint density at radius 3 is 3.05 bits per heavy atom. The molecule has 0 spiro atoms. The molecule has 2 aromatic heterocycles. The number of nitrogen functional groups attached to an aromatic ring is 1. The van der Waals surface area contributed by atoms with Crippen molar-refractivity contribution in [1.82, 2.24) is 9.97 Å². The number of nitrogens with zero attached hydrogens (tertiary/aromatic N) is 2. The van der Waals surface area contributed by atoms with Gasteiger partial charge in [0, 0.05) is 22.0 Å². The number of benzene rings is 1. The second-order valence-corrected chi connectivity index (χ2v) is 5.76. The summed E-state index contributed by atoms with van der Waals surface area (Å²) in [6, 6.07) is 7.21. The highest BCUT2D eigenvalue weighted by Crippen LogP contribution is 2.26. The number of anilines is 2. The van der Waals surface area contributed by atoms with Crippen LogP contribution in [-0.4, -0.2) is 15.9 Å². The Balaban J connectivity index is 1.85. The summed E-state index contributed by atoms with van der Waals surface area (Å²) in [7, 11) is 0. The summed E-state index contributed by atoms with van der Waals surface area (Å²) in [6.07, 6.45) is 1.83. The lowest BCUT2D eigenvalue weighted by Gasteiger charge is -2.08. The molecular weight excluding hydrogens is 308 g/mol. The van der Waals surface area contributed by atoms with Gasteiger partial charge in [0.05, 0.1) is 23.3 Å². The summed E-state index contributed by atoms with van der Waals surface area (Å²) in [5, 5.41) is 6.46. The fourth-order valence-electron chi connectivity index (χ4n) is 2.01. The van der Waals surface area contributed by atoms with Crippen molar-refractivity contribution in [3.8, 4) is 0 Å². The second-order valence-electron chi connectivity index (χ2n) is 4.43. The molecule has 0 radical (unpaired) electrons. The van der Waals surface area contributed by atoms with Crippen LogP contribution in [0, 0.1) is 0 Å². The average molecular weight is 319 g/mol. The third kappa shape index (κ3) is 3.12. The van der Waals surface area contributed by atoms with Crippen LogP contribution in [0.4, 0.5) is 10.8 Å². The topological polar surface area (TPSA) is 80.9 Å². The molecule has 0 fully saturated rings. The number of amides is 1. The highest BCUT2D eigenvalue weighted by molar-refractivity contribution is 7.13. The zero-order chi connectivity index (χ0) is 14.8.